The third kappa shape index (κ3) is 4.63. The van der Waals surface area contributed by atoms with Gasteiger partial charge in [-0.1, -0.05) is 60.7 Å². The zero-order valence-corrected chi connectivity index (χ0v) is 11.9. The van der Waals surface area contributed by atoms with E-state index < -0.39 is 0 Å². The van der Waals surface area contributed by atoms with Gasteiger partial charge in [0.1, 0.15) is 5.78 Å². The van der Waals surface area contributed by atoms with Gasteiger partial charge in [0.05, 0.1) is 6.04 Å². The molecule has 1 atom stereocenters. The fourth-order valence-corrected chi connectivity index (χ4v) is 2.24. The van der Waals surface area contributed by atoms with Gasteiger partial charge in [0.2, 0.25) is 0 Å². The van der Waals surface area contributed by atoms with Crippen molar-refractivity contribution in [3.63, 3.8) is 0 Å². The van der Waals surface area contributed by atoms with Gasteiger partial charge in [0.25, 0.3) is 0 Å². The minimum Gasteiger partial charge on any atom is -0.307 e. The zero-order chi connectivity index (χ0) is 14.2. The van der Waals surface area contributed by atoms with E-state index >= 15 is 0 Å². The average molecular weight is 267 g/mol. The number of nitrogens with one attached hydrogen (secondary N) is 1. The van der Waals surface area contributed by atoms with Gasteiger partial charge in [-0.05, 0) is 37.4 Å². The molecule has 0 aliphatic carbocycles. The normalized spacial score (nSPS) is 12.1. The maximum absolute atomic E-state index is 11.7. The Labute approximate surface area is 120 Å². The third-order valence-corrected chi connectivity index (χ3v) is 3.42. The summed E-state index contributed by atoms with van der Waals surface area (Å²) in [6, 6.07) is 20.4. The second-order valence-electron chi connectivity index (χ2n) is 5.04. The van der Waals surface area contributed by atoms with E-state index in [1.807, 2.05) is 36.4 Å². The predicted molar refractivity (Wildman–Crippen MR) is 82.8 cm³/mol. The standard InChI is InChI=1S/C18H21NO/c1-15(20)18(14-17-10-6-3-7-11-17)19-13-12-16-8-4-2-5-9-16/h2-11,18-19H,12-14H2,1H3/t18-/m0/s1. The van der Waals surface area contributed by atoms with E-state index in [1.165, 1.54) is 11.1 Å². The van der Waals surface area contributed by atoms with Gasteiger partial charge in [-0.15, -0.1) is 0 Å². The molecule has 20 heavy (non-hydrogen) atoms. The molecule has 0 aliphatic heterocycles. The van der Waals surface area contributed by atoms with Crippen LogP contribution in [0.4, 0.5) is 0 Å². The lowest BCUT2D eigenvalue weighted by molar-refractivity contribution is -0.118. The molecule has 2 rings (SSSR count). The summed E-state index contributed by atoms with van der Waals surface area (Å²) < 4.78 is 0. The first kappa shape index (κ1) is 14.5. The molecule has 2 nitrogen and oxygen atoms in total. The summed E-state index contributed by atoms with van der Waals surface area (Å²) in [6.07, 6.45) is 1.70. The minimum absolute atomic E-state index is 0.0962. The van der Waals surface area contributed by atoms with Crippen LogP contribution in [0.1, 0.15) is 18.1 Å². The van der Waals surface area contributed by atoms with Gasteiger partial charge in [-0.3, -0.25) is 4.79 Å². The number of ketones is 1. The Balaban J connectivity index is 1.85. The third-order valence-electron chi connectivity index (χ3n) is 3.42. The highest BCUT2D eigenvalue weighted by Crippen LogP contribution is 2.05. The van der Waals surface area contributed by atoms with Crippen molar-refractivity contribution in [2.75, 3.05) is 6.54 Å². The Hall–Kier alpha value is -1.93. The molecule has 0 fully saturated rings. The highest BCUT2D eigenvalue weighted by atomic mass is 16.1. The summed E-state index contributed by atoms with van der Waals surface area (Å²) in [5.41, 5.74) is 2.49. The van der Waals surface area contributed by atoms with Crippen molar-refractivity contribution in [1.82, 2.24) is 5.32 Å². The Morgan fingerprint density at radius 2 is 1.50 bits per heavy atom. The highest BCUT2D eigenvalue weighted by Gasteiger charge is 2.13. The Kier molecular flexibility index (Phi) is 5.51. The van der Waals surface area contributed by atoms with E-state index in [1.54, 1.807) is 6.92 Å². The molecule has 0 unspecified atom stereocenters. The van der Waals surface area contributed by atoms with Gasteiger partial charge in [-0.2, -0.15) is 0 Å². The van der Waals surface area contributed by atoms with Gasteiger partial charge >= 0.3 is 0 Å². The smallest absolute Gasteiger partial charge is 0.147 e. The number of Topliss-reactive ketones (excluding diaryl/α,β-unsaturated/α-hetero) is 1. The number of carbonyl (C=O) groups excluding carboxylic acids is 1. The van der Waals surface area contributed by atoms with Gasteiger partial charge < -0.3 is 5.32 Å². The average Bonchev–Trinajstić information content (AvgIpc) is 2.48. The van der Waals surface area contributed by atoms with E-state index in [2.05, 4.69) is 29.6 Å². The summed E-state index contributed by atoms with van der Waals surface area (Å²) in [5.74, 6) is 0.196. The summed E-state index contributed by atoms with van der Waals surface area (Å²) in [6.45, 7) is 2.48. The number of hydrogen-bond donors (Lipinski definition) is 1. The first-order valence-corrected chi connectivity index (χ1v) is 7.07. The van der Waals surface area contributed by atoms with E-state index in [-0.39, 0.29) is 11.8 Å². The number of hydrogen-bond acceptors (Lipinski definition) is 2. The summed E-state index contributed by atoms with van der Waals surface area (Å²) in [7, 11) is 0. The fourth-order valence-electron chi connectivity index (χ4n) is 2.24. The summed E-state index contributed by atoms with van der Waals surface area (Å²) >= 11 is 0. The van der Waals surface area contributed by atoms with Crippen molar-refractivity contribution in [1.29, 1.82) is 0 Å². The molecule has 0 saturated heterocycles. The van der Waals surface area contributed by atoms with Crippen LogP contribution >= 0.6 is 0 Å². The molecule has 0 amide bonds. The van der Waals surface area contributed by atoms with Crippen LogP contribution in [0.3, 0.4) is 0 Å². The lowest BCUT2D eigenvalue weighted by Crippen LogP contribution is -2.38. The molecular weight excluding hydrogens is 246 g/mol. The van der Waals surface area contributed by atoms with Crippen LogP contribution in [0, 0.1) is 0 Å². The largest absolute Gasteiger partial charge is 0.307 e. The van der Waals surface area contributed by atoms with E-state index in [4.69, 9.17) is 0 Å². The van der Waals surface area contributed by atoms with Crippen molar-refractivity contribution in [3.05, 3.63) is 71.8 Å². The van der Waals surface area contributed by atoms with Crippen LogP contribution in [-0.2, 0) is 17.6 Å². The molecule has 0 saturated carbocycles. The van der Waals surface area contributed by atoms with E-state index in [9.17, 15) is 4.79 Å². The van der Waals surface area contributed by atoms with Gasteiger partial charge in [0, 0.05) is 0 Å². The van der Waals surface area contributed by atoms with Crippen molar-refractivity contribution in [2.45, 2.75) is 25.8 Å². The van der Waals surface area contributed by atoms with Crippen LogP contribution in [0.5, 0.6) is 0 Å². The molecule has 0 spiro atoms. The van der Waals surface area contributed by atoms with Crippen LogP contribution in [-0.4, -0.2) is 18.4 Å². The first-order chi connectivity index (χ1) is 9.75. The lowest BCUT2D eigenvalue weighted by atomic mass is 10.0. The number of carbonyl (C=O) groups is 1. The predicted octanol–water partition coefficient (Wildman–Crippen LogP) is 3.02. The van der Waals surface area contributed by atoms with Crippen LogP contribution in [0.25, 0.3) is 0 Å². The second-order valence-corrected chi connectivity index (χ2v) is 5.04. The minimum atomic E-state index is -0.0962. The number of benzene rings is 2. The van der Waals surface area contributed by atoms with E-state index in [0.717, 1.165) is 19.4 Å². The lowest BCUT2D eigenvalue weighted by Gasteiger charge is -2.16. The van der Waals surface area contributed by atoms with Crippen LogP contribution < -0.4 is 5.32 Å². The van der Waals surface area contributed by atoms with E-state index in [0.29, 0.717) is 0 Å². The molecule has 104 valence electrons. The SMILES string of the molecule is CC(=O)[C@H](Cc1ccccc1)NCCc1ccccc1. The van der Waals surface area contributed by atoms with Crippen molar-refractivity contribution >= 4 is 5.78 Å². The molecular formula is C18H21NO. The molecule has 2 aromatic rings. The second kappa shape index (κ2) is 7.61. The number of rotatable bonds is 7. The molecule has 0 bridgehead atoms. The molecule has 0 aromatic heterocycles. The highest BCUT2D eigenvalue weighted by molar-refractivity contribution is 5.81. The maximum Gasteiger partial charge on any atom is 0.147 e. The molecule has 2 heteroatoms. The molecule has 0 aliphatic rings. The first-order valence-electron chi connectivity index (χ1n) is 7.07. The fraction of sp³-hybridized carbons (Fsp3) is 0.278. The van der Waals surface area contributed by atoms with Crippen molar-refractivity contribution in [2.24, 2.45) is 0 Å². The quantitative estimate of drug-likeness (QED) is 0.835. The molecule has 1 N–H and O–H groups in total. The van der Waals surface area contributed by atoms with Crippen LogP contribution in [0.15, 0.2) is 60.7 Å². The van der Waals surface area contributed by atoms with Crippen molar-refractivity contribution < 1.29 is 4.79 Å². The van der Waals surface area contributed by atoms with Gasteiger partial charge in [0.15, 0.2) is 0 Å². The Bertz CT molecular complexity index is 522. The van der Waals surface area contributed by atoms with Gasteiger partial charge in [-0.25, -0.2) is 0 Å². The summed E-state index contributed by atoms with van der Waals surface area (Å²) in [5, 5.41) is 3.37. The topological polar surface area (TPSA) is 29.1 Å². The van der Waals surface area contributed by atoms with Crippen molar-refractivity contribution in [3.8, 4) is 0 Å². The Morgan fingerprint density at radius 3 is 2.05 bits per heavy atom. The zero-order valence-electron chi connectivity index (χ0n) is 11.9. The molecule has 0 heterocycles. The van der Waals surface area contributed by atoms with Crippen LogP contribution in [0.2, 0.25) is 0 Å². The Morgan fingerprint density at radius 1 is 0.950 bits per heavy atom. The monoisotopic (exact) mass is 267 g/mol. The summed E-state index contributed by atoms with van der Waals surface area (Å²) in [4.78, 5) is 11.7. The molecule has 0 radical (unpaired) electrons. The maximum atomic E-state index is 11.7. The molecule has 2 aromatic carbocycles.